The van der Waals surface area contributed by atoms with Crippen molar-refractivity contribution in [3.8, 4) is 5.75 Å². The molecule has 1 aromatic rings. The number of aliphatic hydroxyl groups excluding tert-OH is 1. The minimum absolute atomic E-state index is 0.331. The minimum atomic E-state index is -0.464. The number of aryl methyl sites for hydroxylation is 2. The molecule has 0 bridgehead atoms. The fourth-order valence-electron chi connectivity index (χ4n) is 1.70. The molecule has 0 aliphatic rings. The van der Waals surface area contributed by atoms with E-state index < -0.39 is 6.10 Å². The van der Waals surface area contributed by atoms with Crippen LogP contribution in [0.4, 0.5) is 0 Å². The summed E-state index contributed by atoms with van der Waals surface area (Å²) in [5.41, 5.74) is 3.48. The zero-order valence-electron chi connectivity index (χ0n) is 11.2. The normalized spacial score (nSPS) is 12.5. The Morgan fingerprint density at radius 2 is 1.88 bits per heavy atom. The van der Waals surface area contributed by atoms with Crippen LogP contribution in [0.2, 0.25) is 0 Å². The largest absolute Gasteiger partial charge is 0.490 e. The highest BCUT2D eigenvalue weighted by Gasteiger charge is 2.09. The summed E-state index contributed by atoms with van der Waals surface area (Å²) in [6.45, 7) is 9.92. The molecular weight excluding hydrogens is 214 g/mol. The number of nitrogens with one attached hydrogen (secondary N) is 1. The first-order valence-corrected chi connectivity index (χ1v) is 6.14. The van der Waals surface area contributed by atoms with Crippen molar-refractivity contribution in [2.45, 2.75) is 33.8 Å². The lowest BCUT2D eigenvalue weighted by Gasteiger charge is -2.17. The van der Waals surface area contributed by atoms with Crippen molar-refractivity contribution in [3.63, 3.8) is 0 Å². The molecule has 0 unspecified atom stereocenters. The van der Waals surface area contributed by atoms with Crippen LogP contribution in [-0.4, -0.2) is 30.9 Å². The predicted molar refractivity (Wildman–Crippen MR) is 70.7 cm³/mol. The van der Waals surface area contributed by atoms with Crippen LogP contribution in [0, 0.1) is 20.8 Å². The van der Waals surface area contributed by atoms with Crippen LogP contribution in [0.1, 0.15) is 23.6 Å². The van der Waals surface area contributed by atoms with E-state index in [0.717, 1.165) is 23.4 Å². The van der Waals surface area contributed by atoms with Crippen molar-refractivity contribution in [2.24, 2.45) is 0 Å². The van der Waals surface area contributed by atoms with Gasteiger partial charge in [-0.3, -0.25) is 0 Å². The summed E-state index contributed by atoms with van der Waals surface area (Å²) < 4.78 is 5.72. The van der Waals surface area contributed by atoms with Gasteiger partial charge in [-0.15, -0.1) is 0 Å². The summed E-state index contributed by atoms with van der Waals surface area (Å²) in [7, 11) is 0. The number of likely N-dealkylation sites (N-methyl/N-ethyl adjacent to an activating group) is 1. The molecule has 0 saturated carbocycles. The highest BCUT2D eigenvalue weighted by Crippen LogP contribution is 2.25. The van der Waals surface area contributed by atoms with Crippen molar-refractivity contribution < 1.29 is 9.84 Å². The summed E-state index contributed by atoms with van der Waals surface area (Å²) in [4.78, 5) is 0. The molecule has 0 aromatic heterocycles. The first-order valence-electron chi connectivity index (χ1n) is 6.14. The first kappa shape index (κ1) is 14.0. The quantitative estimate of drug-likeness (QED) is 0.794. The van der Waals surface area contributed by atoms with E-state index in [-0.39, 0.29) is 0 Å². The number of aliphatic hydroxyl groups is 1. The molecule has 96 valence electrons. The van der Waals surface area contributed by atoms with Crippen molar-refractivity contribution in [1.82, 2.24) is 5.32 Å². The van der Waals surface area contributed by atoms with Crippen LogP contribution >= 0.6 is 0 Å². The Hall–Kier alpha value is -1.06. The lowest BCUT2D eigenvalue weighted by Crippen LogP contribution is -2.31. The average molecular weight is 237 g/mol. The van der Waals surface area contributed by atoms with E-state index in [2.05, 4.69) is 18.3 Å². The SMILES string of the molecule is CCNC[C@@H](O)COc1c(C)ccc(C)c1C. The zero-order chi connectivity index (χ0) is 12.8. The fourth-order valence-corrected chi connectivity index (χ4v) is 1.70. The molecule has 1 aromatic carbocycles. The van der Waals surface area contributed by atoms with E-state index in [1.165, 1.54) is 5.56 Å². The van der Waals surface area contributed by atoms with Gasteiger partial charge in [0.1, 0.15) is 18.5 Å². The number of hydrogen-bond acceptors (Lipinski definition) is 3. The summed E-state index contributed by atoms with van der Waals surface area (Å²) in [5.74, 6) is 0.903. The van der Waals surface area contributed by atoms with Crippen LogP contribution in [0.25, 0.3) is 0 Å². The minimum Gasteiger partial charge on any atom is -0.490 e. The van der Waals surface area contributed by atoms with Gasteiger partial charge in [0.25, 0.3) is 0 Å². The zero-order valence-corrected chi connectivity index (χ0v) is 11.2. The lowest BCUT2D eigenvalue weighted by molar-refractivity contribution is 0.106. The highest BCUT2D eigenvalue weighted by molar-refractivity contribution is 5.44. The molecule has 0 aliphatic heterocycles. The third kappa shape index (κ3) is 4.02. The van der Waals surface area contributed by atoms with E-state index in [4.69, 9.17) is 4.74 Å². The maximum absolute atomic E-state index is 9.71. The van der Waals surface area contributed by atoms with Crippen LogP contribution < -0.4 is 10.1 Å². The summed E-state index contributed by atoms with van der Waals surface area (Å²) in [6, 6.07) is 4.14. The molecule has 1 atom stereocenters. The third-order valence-electron chi connectivity index (χ3n) is 2.92. The van der Waals surface area contributed by atoms with E-state index in [1.807, 2.05) is 26.8 Å². The Kier molecular flexibility index (Phi) is 5.45. The maximum Gasteiger partial charge on any atom is 0.125 e. The molecule has 0 fully saturated rings. The second kappa shape index (κ2) is 6.62. The van der Waals surface area contributed by atoms with Crippen LogP contribution in [0.5, 0.6) is 5.75 Å². The van der Waals surface area contributed by atoms with E-state index >= 15 is 0 Å². The average Bonchev–Trinajstić information content (AvgIpc) is 2.31. The van der Waals surface area contributed by atoms with Gasteiger partial charge in [-0.25, -0.2) is 0 Å². The summed E-state index contributed by atoms with van der Waals surface area (Å²) >= 11 is 0. The Labute approximate surface area is 104 Å². The molecule has 0 spiro atoms. The van der Waals surface area contributed by atoms with Crippen LogP contribution in [0.3, 0.4) is 0 Å². The van der Waals surface area contributed by atoms with Crippen LogP contribution in [-0.2, 0) is 0 Å². The summed E-state index contributed by atoms with van der Waals surface area (Å²) in [5, 5.41) is 12.8. The molecular formula is C14H23NO2. The molecule has 0 heterocycles. The van der Waals surface area contributed by atoms with Gasteiger partial charge in [0.2, 0.25) is 0 Å². The first-order chi connectivity index (χ1) is 8.06. The topological polar surface area (TPSA) is 41.5 Å². The molecule has 2 N–H and O–H groups in total. The Morgan fingerprint density at radius 1 is 1.24 bits per heavy atom. The fraction of sp³-hybridized carbons (Fsp3) is 0.571. The van der Waals surface area contributed by atoms with Crippen molar-refractivity contribution in [2.75, 3.05) is 19.7 Å². The molecule has 3 heteroatoms. The van der Waals surface area contributed by atoms with Gasteiger partial charge < -0.3 is 15.2 Å². The van der Waals surface area contributed by atoms with Gasteiger partial charge in [-0.1, -0.05) is 19.1 Å². The molecule has 3 nitrogen and oxygen atoms in total. The highest BCUT2D eigenvalue weighted by atomic mass is 16.5. The van der Waals surface area contributed by atoms with Gasteiger partial charge in [0, 0.05) is 6.54 Å². The van der Waals surface area contributed by atoms with Crippen molar-refractivity contribution in [1.29, 1.82) is 0 Å². The van der Waals surface area contributed by atoms with Gasteiger partial charge in [-0.05, 0) is 44.0 Å². The Balaban J connectivity index is 2.60. The molecule has 0 radical (unpaired) electrons. The third-order valence-corrected chi connectivity index (χ3v) is 2.92. The van der Waals surface area contributed by atoms with Crippen molar-refractivity contribution >= 4 is 0 Å². The van der Waals surface area contributed by atoms with Gasteiger partial charge in [0.15, 0.2) is 0 Å². The van der Waals surface area contributed by atoms with Gasteiger partial charge in [0.05, 0.1) is 0 Å². The van der Waals surface area contributed by atoms with Crippen molar-refractivity contribution in [3.05, 3.63) is 28.8 Å². The Morgan fingerprint density at radius 3 is 2.53 bits per heavy atom. The molecule has 0 amide bonds. The van der Waals surface area contributed by atoms with Gasteiger partial charge >= 0.3 is 0 Å². The molecule has 17 heavy (non-hydrogen) atoms. The summed E-state index contributed by atoms with van der Waals surface area (Å²) in [6.07, 6.45) is -0.464. The number of rotatable bonds is 6. The number of benzene rings is 1. The Bertz CT molecular complexity index is 363. The maximum atomic E-state index is 9.71. The van der Waals surface area contributed by atoms with Crippen LogP contribution in [0.15, 0.2) is 12.1 Å². The predicted octanol–water partition coefficient (Wildman–Crippen LogP) is 1.96. The standard InChI is InChI=1S/C14H23NO2/c1-5-15-8-13(16)9-17-14-11(3)7-6-10(2)12(14)4/h6-7,13,15-16H,5,8-9H2,1-4H3/t13-/m1/s1. The van der Waals surface area contributed by atoms with E-state index in [1.54, 1.807) is 0 Å². The second-order valence-electron chi connectivity index (χ2n) is 4.43. The van der Waals surface area contributed by atoms with E-state index in [0.29, 0.717) is 13.2 Å². The molecule has 1 rings (SSSR count). The monoisotopic (exact) mass is 237 g/mol. The molecule has 0 aliphatic carbocycles. The second-order valence-corrected chi connectivity index (χ2v) is 4.43. The smallest absolute Gasteiger partial charge is 0.125 e. The number of ether oxygens (including phenoxy) is 1. The lowest BCUT2D eigenvalue weighted by atomic mass is 10.1. The van der Waals surface area contributed by atoms with E-state index in [9.17, 15) is 5.11 Å². The number of hydrogen-bond donors (Lipinski definition) is 2. The van der Waals surface area contributed by atoms with Gasteiger partial charge in [-0.2, -0.15) is 0 Å². The molecule has 0 saturated heterocycles.